The molecule has 0 amide bonds. The Bertz CT molecular complexity index is 399. The van der Waals surface area contributed by atoms with Gasteiger partial charge < -0.3 is 9.63 Å². The molecule has 0 fully saturated rings. The molecule has 1 aromatic heterocycles. The van der Waals surface area contributed by atoms with E-state index in [0.717, 1.165) is 0 Å². The van der Waals surface area contributed by atoms with Gasteiger partial charge in [0.1, 0.15) is 0 Å². The fourth-order valence-electron chi connectivity index (χ4n) is 2.03. The molecule has 116 valence electrons. The van der Waals surface area contributed by atoms with Gasteiger partial charge in [-0.05, 0) is 50.9 Å². The minimum absolute atomic E-state index is 0.00948. The van der Waals surface area contributed by atoms with Crippen molar-refractivity contribution in [2.75, 3.05) is 6.61 Å². The van der Waals surface area contributed by atoms with E-state index >= 15 is 0 Å². The fraction of sp³-hybridized carbons (Fsp3) is 0.733. The summed E-state index contributed by atoms with van der Waals surface area (Å²) in [6.07, 6.45) is 0. The molecule has 0 radical (unpaired) electrons. The molecule has 0 aliphatic rings. The highest BCUT2D eigenvalue weighted by Crippen LogP contribution is 2.35. The zero-order valence-corrected chi connectivity index (χ0v) is 15.6. The van der Waals surface area contributed by atoms with Crippen LogP contribution in [0.3, 0.4) is 0 Å². The van der Waals surface area contributed by atoms with Crippen LogP contribution in [0.5, 0.6) is 0 Å². The second-order valence-electron chi connectivity index (χ2n) is 7.26. The quantitative estimate of drug-likeness (QED) is 0.581. The molecule has 1 atom stereocenters. The zero-order chi connectivity index (χ0) is 15.6. The predicted octanol–water partition coefficient (Wildman–Crippen LogP) is 4.77. The van der Waals surface area contributed by atoms with E-state index in [-0.39, 0.29) is 6.04 Å². The molecule has 0 aliphatic heterocycles. The average Bonchev–Trinajstić information content (AvgIpc) is 2.79. The first-order valence-electron chi connectivity index (χ1n) is 7.20. The van der Waals surface area contributed by atoms with Crippen molar-refractivity contribution in [3.8, 4) is 0 Å². The maximum atomic E-state index is 10.8. The summed E-state index contributed by atoms with van der Waals surface area (Å²) in [7, 11) is -1.58. The van der Waals surface area contributed by atoms with Gasteiger partial charge >= 0.3 is 0 Å². The number of rotatable bonds is 7. The summed E-state index contributed by atoms with van der Waals surface area (Å²) in [6, 6.07) is 4.14. The van der Waals surface area contributed by atoms with E-state index in [1.807, 2.05) is 19.9 Å². The smallest absolute Gasteiger partial charge is 0.183 e. The van der Waals surface area contributed by atoms with Gasteiger partial charge in [-0.1, -0.05) is 19.9 Å². The first kappa shape index (κ1) is 17.8. The lowest BCUT2D eigenvalue weighted by Gasteiger charge is -2.41. The Balaban J connectivity index is 2.86. The van der Waals surface area contributed by atoms with Gasteiger partial charge in [-0.15, -0.1) is 11.3 Å². The SMILES string of the molecule is CC(C)C(c1cccs1)N(O)C(C)(C)CO[Si](C)(C)C. The average molecular weight is 316 g/mol. The van der Waals surface area contributed by atoms with Gasteiger partial charge in [0, 0.05) is 4.88 Å². The molecule has 1 aromatic rings. The molecule has 0 saturated heterocycles. The van der Waals surface area contributed by atoms with E-state index in [1.54, 1.807) is 11.3 Å². The van der Waals surface area contributed by atoms with E-state index in [9.17, 15) is 5.21 Å². The highest BCUT2D eigenvalue weighted by atomic mass is 32.1. The van der Waals surface area contributed by atoms with Crippen molar-refractivity contribution in [3.05, 3.63) is 22.4 Å². The molecule has 0 spiro atoms. The standard InChI is InChI=1S/C15H29NO2SSi/c1-12(2)14(13-9-8-10-19-13)16(17)15(3,4)11-18-20(5,6)7/h8-10,12,14,17H,11H2,1-7H3. The van der Waals surface area contributed by atoms with Crippen LogP contribution < -0.4 is 0 Å². The largest absolute Gasteiger partial charge is 0.416 e. The molecule has 0 aliphatic carbocycles. The lowest BCUT2D eigenvalue weighted by molar-refractivity contribution is -0.212. The Labute approximate surface area is 128 Å². The molecule has 3 nitrogen and oxygen atoms in total. The molecule has 0 saturated carbocycles. The van der Waals surface area contributed by atoms with Gasteiger partial charge in [-0.25, -0.2) is 0 Å². The van der Waals surface area contributed by atoms with Crippen LogP contribution in [0.15, 0.2) is 17.5 Å². The maximum Gasteiger partial charge on any atom is 0.183 e. The van der Waals surface area contributed by atoms with Crippen LogP contribution in [-0.2, 0) is 4.43 Å². The Morgan fingerprint density at radius 1 is 1.35 bits per heavy atom. The molecule has 0 bridgehead atoms. The molecule has 1 unspecified atom stereocenters. The molecule has 1 rings (SSSR count). The van der Waals surface area contributed by atoms with Crippen LogP contribution >= 0.6 is 11.3 Å². The van der Waals surface area contributed by atoms with Gasteiger partial charge in [0.15, 0.2) is 8.32 Å². The van der Waals surface area contributed by atoms with Crippen molar-refractivity contribution in [1.82, 2.24) is 5.06 Å². The Morgan fingerprint density at radius 2 is 1.95 bits per heavy atom. The second kappa shape index (κ2) is 6.71. The number of hydrogen-bond acceptors (Lipinski definition) is 4. The van der Waals surface area contributed by atoms with Crippen molar-refractivity contribution >= 4 is 19.7 Å². The Kier molecular flexibility index (Phi) is 5.98. The van der Waals surface area contributed by atoms with Crippen LogP contribution in [0.1, 0.15) is 38.6 Å². The summed E-state index contributed by atoms with van der Waals surface area (Å²) in [4.78, 5) is 1.20. The second-order valence-corrected chi connectivity index (χ2v) is 12.8. The van der Waals surface area contributed by atoms with Gasteiger partial charge in [0.2, 0.25) is 0 Å². The van der Waals surface area contributed by atoms with Gasteiger partial charge in [0.25, 0.3) is 0 Å². The van der Waals surface area contributed by atoms with Gasteiger partial charge in [-0.3, -0.25) is 0 Å². The van der Waals surface area contributed by atoms with E-state index in [2.05, 4.69) is 44.9 Å². The number of nitrogens with zero attached hydrogens (tertiary/aromatic N) is 1. The van der Waals surface area contributed by atoms with Crippen LogP contribution in [0.4, 0.5) is 0 Å². The summed E-state index contributed by atoms with van der Waals surface area (Å²) in [5, 5.41) is 14.3. The molecular formula is C15H29NO2SSi. The molecule has 5 heteroatoms. The summed E-state index contributed by atoms with van der Waals surface area (Å²) < 4.78 is 6.00. The third-order valence-electron chi connectivity index (χ3n) is 3.21. The van der Waals surface area contributed by atoms with Crippen LogP contribution in [0.25, 0.3) is 0 Å². The summed E-state index contributed by atoms with van der Waals surface area (Å²) >= 11 is 1.69. The van der Waals surface area contributed by atoms with Gasteiger partial charge in [-0.2, -0.15) is 5.06 Å². The molecule has 0 aromatic carbocycles. The van der Waals surface area contributed by atoms with Gasteiger partial charge in [0.05, 0.1) is 18.2 Å². The van der Waals surface area contributed by atoms with E-state index in [4.69, 9.17) is 4.43 Å². The van der Waals surface area contributed by atoms with E-state index in [0.29, 0.717) is 12.5 Å². The summed E-state index contributed by atoms with van der Waals surface area (Å²) in [6.45, 7) is 15.4. The third-order valence-corrected chi connectivity index (χ3v) is 5.16. The lowest BCUT2D eigenvalue weighted by Crippen LogP contribution is -2.50. The van der Waals surface area contributed by atoms with Crippen molar-refractivity contribution in [1.29, 1.82) is 0 Å². The molecule has 1 N–H and O–H groups in total. The van der Waals surface area contributed by atoms with Crippen LogP contribution in [0.2, 0.25) is 19.6 Å². The zero-order valence-electron chi connectivity index (χ0n) is 13.8. The topological polar surface area (TPSA) is 32.7 Å². The van der Waals surface area contributed by atoms with Crippen molar-refractivity contribution in [2.45, 2.75) is 58.9 Å². The summed E-state index contributed by atoms with van der Waals surface area (Å²) in [5.41, 5.74) is -0.404. The number of hydroxylamine groups is 2. The first-order valence-corrected chi connectivity index (χ1v) is 11.5. The highest BCUT2D eigenvalue weighted by molar-refractivity contribution is 7.10. The highest BCUT2D eigenvalue weighted by Gasteiger charge is 2.36. The van der Waals surface area contributed by atoms with Crippen molar-refractivity contribution in [3.63, 3.8) is 0 Å². The van der Waals surface area contributed by atoms with Crippen LogP contribution in [0, 0.1) is 5.92 Å². The minimum atomic E-state index is -1.58. The Morgan fingerprint density at radius 3 is 2.35 bits per heavy atom. The van der Waals surface area contributed by atoms with Crippen molar-refractivity contribution < 1.29 is 9.63 Å². The van der Waals surface area contributed by atoms with E-state index < -0.39 is 13.9 Å². The molecule has 1 heterocycles. The first-order chi connectivity index (χ1) is 9.04. The molecular weight excluding hydrogens is 286 g/mol. The fourth-order valence-corrected chi connectivity index (χ4v) is 3.80. The minimum Gasteiger partial charge on any atom is -0.416 e. The summed E-state index contributed by atoms with van der Waals surface area (Å²) in [5.74, 6) is 0.338. The van der Waals surface area contributed by atoms with Crippen molar-refractivity contribution in [2.24, 2.45) is 5.92 Å². The predicted molar refractivity (Wildman–Crippen MR) is 88.9 cm³/mol. The number of hydrogen-bond donors (Lipinski definition) is 1. The van der Waals surface area contributed by atoms with E-state index in [1.165, 1.54) is 9.94 Å². The monoisotopic (exact) mass is 315 g/mol. The Hall–Kier alpha value is -0.203. The number of thiophene rings is 1. The normalized spacial score (nSPS) is 15.1. The molecule has 20 heavy (non-hydrogen) atoms. The maximum absolute atomic E-state index is 10.8. The lowest BCUT2D eigenvalue weighted by atomic mass is 9.97. The van der Waals surface area contributed by atoms with Crippen LogP contribution in [-0.4, -0.2) is 30.7 Å². The third kappa shape index (κ3) is 4.97.